The Labute approximate surface area is 81.0 Å². The SMILES string of the molecule is C#CCCC(NC)C1OCCC1C. The van der Waals surface area contributed by atoms with Crippen LogP contribution in [0.5, 0.6) is 0 Å². The highest BCUT2D eigenvalue weighted by atomic mass is 16.5. The summed E-state index contributed by atoms with van der Waals surface area (Å²) in [4.78, 5) is 0. The van der Waals surface area contributed by atoms with Crippen LogP contribution in [-0.4, -0.2) is 25.8 Å². The minimum absolute atomic E-state index is 0.360. The van der Waals surface area contributed by atoms with Gasteiger partial charge in [0.1, 0.15) is 0 Å². The third-order valence-electron chi connectivity index (χ3n) is 2.81. The van der Waals surface area contributed by atoms with Gasteiger partial charge < -0.3 is 10.1 Å². The van der Waals surface area contributed by atoms with Crippen molar-refractivity contribution in [2.24, 2.45) is 5.92 Å². The van der Waals surface area contributed by atoms with Crippen molar-refractivity contribution in [3.8, 4) is 12.3 Å². The van der Waals surface area contributed by atoms with Crippen LogP contribution in [0, 0.1) is 18.3 Å². The lowest BCUT2D eigenvalue weighted by Crippen LogP contribution is -2.40. The van der Waals surface area contributed by atoms with Gasteiger partial charge in [-0.3, -0.25) is 0 Å². The Morgan fingerprint density at radius 3 is 2.92 bits per heavy atom. The zero-order valence-electron chi connectivity index (χ0n) is 8.55. The predicted molar refractivity (Wildman–Crippen MR) is 54.4 cm³/mol. The molecule has 1 fully saturated rings. The monoisotopic (exact) mass is 181 g/mol. The fourth-order valence-corrected chi connectivity index (χ4v) is 1.94. The van der Waals surface area contributed by atoms with Gasteiger partial charge in [0.05, 0.1) is 6.10 Å². The Hall–Kier alpha value is -0.520. The molecule has 0 aromatic rings. The molecule has 0 aliphatic carbocycles. The summed E-state index contributed by atoms with van der Waals surface area (Å²) in [7, 11) is 1.98. The molecule has 1 aliphatic rings. The first-order valence-corrected chi connectivity index (χ1v) is 5.02. The number of rotatable bonds is 4. The Bertz CT molecular complexity index is 185. The molecular weight excluding hydrogens is 162 g/mol. The van der Waals surface area contributed by atoms with Gasteiger partial charge in [-0.1, -0.05) is 6.92 Å². The van der Waals surface area contributed by atoms with Crippen LogP contribution >= 0.6 is 0 Å². The van der Waals surface area contributed by atoms with Gasteiger partial charge in [-0.25, -0.2) is 0 Å². The second-order valence-electron chi connectivity index (χ2n) is 3.74. The molecule has 0 saturated carbocycles. The highest BCUT2D eigenvalue weighted by Gasteiger charge is 2.30. The second kappa shape index (κ2) is 5.26. The Morgan fingerprint density at radius 2 is 2.46 bits per heavy atom. The van der Waals surface area contributed by atoms with E-state index in [1.54, 1.807) is 0 Å². The molecule has 1 aliphatic heterocycles. The van der Waals surface area contributed by atoms with Gasteiger partial charge >= 0.3 is 0 Å². The molecule has 1 rings (SSSR count). The van der Waals surface area contributed by atoms with Crippen molar-refractivity contribution < 1.29 is 4.74 Å². The topological polar surface area (TPSA) is 21.3 Å². The third-order valence-corrected chi connectivity index (χ3v) is 2.81. The van der Waals surface area contributed by atoms with Crippen LogP contribution in [0.1, 0.15) is 26.2 Å². The number of terminal acetylenes is 1. The quantitative estimate of drug-likeness (QED) is 0.662. The lowest BCUT2D eigenvalue weighted by atomic mass is 9.95. The van der Waals surface area contributed by atoms with Crippen molar-refractivity contribution in [2.75, 3.05) is 13.7 Å². The van der Waals surface area contributed by atoms with E-state index in [2.05, 4.69) is 18.2 Å². The van der Waals surface area contributed by atoms with E-state index in [4.69, 9.17) is 11.2 Å². The average Bonchev–Trinajstić information content (AvgIpc) is 2.54. The van der Waals surface area contributed by atoms with Crippen LogP contribution in [0.4, 0.5) is 0 Å². The fourth-order valence-electron chi connectivity index (χ4n) is 1.94. The average molecular weight is 181 g/mol. The molecule has 0 aromatic carbocycles. The molecule has 0 bridgehead atoms. The number of nitrogens with one attached hydrogen (secondary N) is 1. The molecule has 3 atom stereocenters. The Balaban J connectivity index is 2.41. The summed E-state index contributed by atoms with van der Waals surface area (Å²) in [6.45, 7) is 3.15. The molecule has 2 nitrogen and oxygen atoms in total. The minimum atomic E-state index is 0.360. The van der Waals surface area contributed by atoms with Crippen molar-refractivity contribution in [1.29, 1.82) is 0 Å². The van der Waals surface area contributed by atoms with E-state index in [0.717, 1.165) is 19.4 Å². The summed E-state index contributed by atoms with van der Waals surface area (Å²) in [6.07, 6.45) is 8.63. The lowest BCUT2D eigenvalue weighted by molar-refractivity contribution is 0.0612. The van der Waals surface area contributed by atoms with Crippen LogP contribution < -0.4 is 5.32 Å². The van der Waals surface area contributed by atoms with Gasteiger partial charge in [0, 0.05) is 19.1 Å². The van der Waals surface area contributed by atoms with E-state index < -0.39 is 0 Å². The van der Waals surface area contributed by atoms with Crippen molar-refractivity contribution >= 4 is 0 Å². The molecule has 0 spiro atoms. The molecule has 3 unspecified atom stereocenters. The van der Waals surface area contributed by atoms with Crippen LogP contribution in [0.25, 0.3) is 0 Å². The first-order chi connectivity index (χ1) is 6.29. The van der Waals surface area contributed by atoms with Crippen LogP contribution in [-0.2, 0) is 4.74 Å². The summed E-state index contributed by atoms with van der Waals surface area (Å²) in [6, 6.07) is 0.425. The molecule has 0 radical (unpaired) electrons. The molecular formula is C11H19NO. The van der Waals surface area contributed by atoms with Crippen LogP contribution in [0.15, 0.2) is 0 Å². The van der Waals surface area contributed by atoms with E-state index in [1.165, 1.54) is 6.42 Å². The van der Waals surface area contributed by atoms with Gasteiger partial charge in [0.2, 0.25) is 0 Å². The summed E-state index contributed by atoms with van der Waals surface area (Å²) in [5.74, 6) is 3.34. The van der Waals surface area contributed by atoms with Crippen LogP contribution in [0.3, 0.4) is 0 Å². The van der Waals surface area contributed by atoms with Gasteiger partial charge in [0.25, 0.3) is 0 Å². The normalized spacial score (nSPS) is 29.9. The van der Waals surface area contributed by atoms with Gasteiger partial charge in [-0.15, -0.1) is 12.3 Å². The third kappa shape index (κ3) is 2.72. The summed E-state index contributed by atoms with van der Waals surface area (Å²) in [5, 5.41) is 3.29. The molecule has 2 heteroatoms. The number of hydrogen-bond acceptors (Lipinski definition) is 2. The van der Waals surface area contributed by atoms with E-state index in [0.29, 0.717) is 18.1 Å². The van der Waals surface area contributed by atoms with Crippen molar-refractivity contribution in [2.45, 2.75) is 38.3 Å². The first kappa shape index (κ1) is 10.6. The minimum Gasteiger partial charge on any atom is -0.376 e. The summed E-state index contributed by atoms with van der Waals surface area (Å²) < 4.78 is 5.68. The van der Waals surface area contributed by atoms with Crippen molar-refractivity contribution in [3.05, 3.63) is 0 Å². The summed E-state index contributed by atoms with van der Waals surface area (Å²) in [5.41, 5.74) is 0. The highest BCUT2D eigenvalue weighted by Crippen LogP contribution is 2.24. The maximum atomic E-state index is 5.68. The van der Waals surface area contributed by atoms with Gasteiger partial charge in [-0.05, 0) is 25.8 Å². The molecule has 1 saturated heterocycles. The molecule has 0 aromatic heterocycles. The maximum absolute atomic E-state index is 5.68. The largest absolute Gasteiger partial charge is 0.376 e. The molecule has 1 N–H and O–H groups in total. The Morgan fingerprint density at radius 1 is 1.69 bits per heavy atom. The predicted octanol–water partition coefficient (Wildman–Crippen LogP) is 1.41. The van der Waals surface area contributed by atoms with Crippen molar-refractivity contribution in [3.63, 3.8) is 0 Å². The second-order valence-corrected chi connectivity index (χ2v) is 3.74. The lowest BCUT2D eigenvalue weighted by Gasteiger charge is -2.25. The number of ether oxygens (including phenoxy) is 1. The number of likely N-dealkylation sites (N-methyl/N-ethyl adjacent to an activating group) is 1. The Kier molecular flexibility index (Phi) is 4.27. The van der Waals surface area contributed by atoms with Crippen LogP contribution in [0.2, 0.25) is 0 Å². The van der Waals surface area contributed by atoms with E-state index in [-0.39, 0.29) is 0 Å². The highest BCUT2D eigenvalue weighted by molar-refractivity contribution is 4.90. The van der Waals surface area contributed by atoms with E-state index in [9.17, 15) is 0 Å². The zero-order chi connectivity index (χ0) is 9.68. The molecule has 13 heavy (non-hydrogen) atoms. The molecule has 1 heterocycles. The van der Waals surface area contributed by atoms with Gasteiger partial charge in [-0.2, -0.15) is 0 Å². The first-order valence-electron chi connectivity index (χ1n) is 5.02. The molecule has 74 valence electrons. The zero-order valence-corrected chi connectivity index (χ0v) is 8.55. The van der Waals surface area contributed by atoms with Crippen molar-refractivity contribution in [1.82, 2.24) is 5.32 Å². The molecule has 0 amide bonds. The standard InChI is InChI=1S/C11H19NO/c1-4-5-6-10(12-3)11-9(2)7-8-13-11/h1,9-12H,5-8H2,2-3H3. The number of hydrogen-bond donors (Lipinski definition) is 1. The van der Waals surface area contributed by atoms with E-state index in [1.807, 2.05) is 7.05 Å². The van der Waals surface area contributed by atoms with Gasteiger partial charge in [0.15, 0.2) is 0 Å². The summed E-state index contributed by atoms with van der Waals surface area (Å²) >= 11 is 0. The maximum Gasteiger partial charge on any atom is 0.0754 e. The smallest absolute Gasteiger partial charge is 0.0754 e. The fraction of sp³-hybridized carbons (Fsp3) is 0.818. The van der Waals surface area contributed by atoms with E-state index >= 15 is 0 Å².